The van der Waals surface area contributed by atoms with E-state index < -0.39 is 0 Å². The molecule has 8 heteroatoms. The minimum absolute atomic E-state index is 0.00234. The number of aryl methyl sites for hydroxylation is 1. The van der Waals surface area contributed by atoms with Crippen molar-refractivity contribution in [3.05, 3.63) is 84.5 Å². The van der Waals surface area contributed by atoms with Crippen LogP contribution < -0.4 is 10.1 Å². The van der Waals surface area contributed by atoms with Gasteiger partial charge in [0, 0.05) is 17.5 Å². The minimum atomic E-state index is -0.313. The van der Waals surface area contributed by atoms with Crippen molar-refractivity contribution >= 4 is 11.7 Å². The van der Waals surface area contributed by atoms with Gasteiger partial charge in [-0.15, -0.1) is 10.2 Å². The van der Waals surface area contributed by atoms with Crippen LogP contribution in [0.5, 0.6) is 5.75 Å². The summed E-state index contributed by atoms with van der Waals surface area (Å²) in [4.78, 5) is 22.2. The fourth-order valence-electron chi connectivity index (χ4n) is 3.67. The van der Waals surface area contributed by atoms with Gasteiger partial charge in [0.15, 0.2) is 5.82 Å². The highest BCUT2D eigenvalue weighted by Gasteiger charge is 2.18. The van der Waals surface area contributed by atoms with Crippen molar-refractivity contribution in [2.24, 2.45) is 0 Å². The molecule has 1 atom stereocenters. The van der Waals surface area contributed by atoms with Gasteiger partial charge in [-0.25, -0.2) is 4.98 Å². The van der Waals surface area contributed by atoms with E-state index in [0.29, 0.717) is 35.3 Å². The SMILES string of the molecule is Cc1ccc(-c2ccc3c(c2)C(=O)Nc2cccc(n2)-c2nncn2[C@@H](C)/C=C/CO3)cn1. The average Bonchev–Trinajstić information content (AvgIpc) is 3.32. The number of fused-ring (bicyclic) bond motifs is 5. The molecule has 0 saturated heterocycles. The van der Waals surface area contributed by atoms with Gasteiger partial charge in [0.05, 0.1) is 11.6 Å². The van der Waals surface area contributed by atoms with Crippen LogP contribution in [0.4, 0.5) is 5.82 Å². The molecule has 5 rings (SSSR count). The number of benzene rings is 1. The van der Waals surface area contributed by atoms with Gasteiger partial charge in [-0.1, -0.05) is 24.3 Å². The number of nitrogens with zero attached hydrogens (tertiary/aromatic N) is 5. The Hall–Kier alpha value is -4.33. The molecule has 1 aliphatic heterocycles. The Morgan fingerprint density at radius 1 is 1.12 bits per heavy atom. The highest BCUT2D eigenvalue weighted by atomic mass is 16.5. The second-order valence-electron chi connectivity index (χ2n) is 7.80. The Morgan fingerprint density at radius 3 is 2.85 bits per heavy atom. The second kappa shape index (κ2) is 8.66. The third-order valence-electron chi connectivity index (χ3n) is 5.45. The van der Waals surface area contributed by atoms with E-state index in [0.717, 1.165) is 16.8 Å². The summed E-state index contributed by atoms with van der Waals surface area (Å²) in [5.74, 6) is 1.22. The smallest absolute Gasteiger partial charge is 0.260 e. The third kappa shape index (κ3) is 4.23. The molecule has 2 bridgehead atoms. The fourth-order valence-corrected chi connectivity index (χ4v) is 3.67. The number of hydrogen-bond acceptors (Lipinski definition) is 6. The lowest BCUT2D eigenvalue weighted by atomic mass is 10.0. The molecule has 164 valence electrons. The van der Waals surface area contributed by atoms with Crippen molar-refractivity contribution in [1.29, 1.82) is 0 Å². The third-order valence-corrected chi connectivity index (χ3v) is 5.45. The summed E-state index contributed by atoms with van der Waals surface area (Å²) >= 11 is 0. The van der Waals surface area contributed by atoms with E-state index >= 15 is 0 Å². The van der Waals surface area contributed by atoms with Gasteiger partial charge in [0.1, 0.15) is 30.2 Å². The molecule has 8 nitrogen and oxygen atoms in total. The van der Waals surface area contributed by atoms with Gasteiger partial charge in [-0.3, -0.25) is 9.78 Å². The first-order valence-electron chi connectivity index (χ1n) is 10.6. The molecule has 1 amide bonds. The van der Waals surface area contributed by atoms with Gasteiger partial charge < -0.3 is 14.6 Å². The molecule has 3 aromatic heterocycles. The first kappa shape index (κ1) is 20.6. The number of nitrogens with one attached hydrogen (secondary N) is 1. The zero-order valence-corrected chi connectivity index (χ0v) is 18.3. The van der Waals surface area contributed by atoms with Crippen LogP contribution in [0.15, 0.2) is 73.2 Å². The first-order valence-corrected chi connectivity index (χ1v) is 10.6. The summed E-state index contributed by atoms with van der Waals surface area (Å²) in [7, 11) is 0. The average molecular weight is 438 g/mol. The maximum Gasteiger partial charge on any atom is 0.260 e. The normalized spacial score (nSPS) is 16.5. The molecule has 1 aromatic carbocycles. The maximum atomic E-state index is 13.3. The van der Waals surface area contributed by atoms with Gasteiger partial charge >= 0.3 is 0 Å². The monoisotopic (exact) mass is 438 g/mol. The number of rotatable bonds is 1. The number of hydrogen-bond donors (Lipinski definition) is 1. The maximum absolute atomic E-state index is 13.3. The number of ether oxygens (including phenoxy) is 1. The van der Waals surface area contributed by atoms with E-state index in [1.54, 1.807) is 18.6 Å². The summed E-state index contributed by atoms with van der Waals surface area (Å²) in [6.07, 6.45) is 7.39. The van der Waals surface area contributed by atoms with Gasteiger partial charge in [0.25, 0.3) is 5.91 Å². The van der Waals surface area contributed by atoms with E-state index in [9.17, 15) is 4.79 Å². The molecule has 33 heavy (non-hydrogen) atoms. The highest BCUT2D eigenvalue weighted by Crippen LogP contribution is 2.28. The lowest BCUT2D eigenvalue weighted by Crippen LogP contribution is -2.15. The van der Waals surface area contributed by atoms with Crippen LogP contribution in [0.1, 0.15) is 29.0 Å². The molecule has 0 spiro atoms. The second-order valence-corrected chi connectivity index (χ2v) is 7.80. The summed E-state index contributed by atoms with van der Waals surface area (Å²) in [5.41, 5.74) is 3.77. The molecule has 1 aliphatic rings. The summed E-state index contributed by atoms with van der Waals surface area (Å²) in [5, 5.41) is 11.2. The summed E-state index contributed by atoms with van der Waals surface area (Å²) < 4.78 is 7.88. The Balaban J connectivity index is 1.57. The largest absolute Gasteiger partial charge is 0.489 e. The predicted octanol–water partition coefficient (Wildman–Crippen LogP) is 4.47. The van der Waals surface area contributed by atoms with E-state index in [-0.39, 0.29) is 11.9 Å². The van der Waals surface area contributed by atoms with Crippen LogP contribution in [-0.4, -0.2) is 37.2 Å². The molecule has 0 saturated carbocycles. The van der Waals surface area contributed by atoms with Crippen LogP contribution in [0.25, 0.3) is 22.6 Å². The summed E-state index contributed by atoms with van der Waals surface area (Å²) in [6, 6.07) is 14.9. The summed E-state index contributed by atoms with van der Waals surface area (Å²) in [6.45, 7) is 4.29. The number of aromatic nitrogens is 5. The van der Waals surface area contributed by atoms with Crippen molar-refractivity contribution in [3.8, 4) is 28.4 Å². The van der Waals surface area contributed by atoms with Crippen molar-refractivity contribution in [1.82, 2.24) is 24.7 Å². The van der Waals surface area contributed by atoms with Crippen molar-refractivity contribution in [3.63, 3.8) is 0 Å². The molecule has 4 aromatic rings. The number of pyridine rings is 2. The molecule has 0 fully saturated rings. The Bertz CT molecular complexity index is 1340. The Morgan fingerprint density at radius 2 is 2.00 bits per heavy atom. The Labute approximate surface area is 191 Å². The number of carbonyl (C=O) groups excluding carboxylic acids is 1. The number of allylic oxidation sites excluding steroid dienone is 1. The fraction of sp³-hybridized carbons (Fsp3) is 0.160. The van der Waals surface area contributed by atoms with Crippen LogP contribution in [0, 0.1) is 6.92 Å². The van der Waals surface area contributed by atoms with Gasteiger partial charge in [0.2, 0.25) is 0 Å². The van der Waals surface area contributed by atoms with E-state index in [2.05, 4.69) is 25.5 Å². The van der Waals surface area contributed by atoms with Crippen LogP contribution in [0.2, 0.25) is 0 Å². The molecule has 0 radical (unpaired) electrons. The van der Waals surface area contributed by atoms with E-state index in [1.807, 2.05) is 73.0 Å². The minimum Gasteiger partial charge on any atom is -0.489 e. The Kier molecular flexibility index (Phi) is 5.40. The van der Waals surface area contributed by atoms with E-state index in [4.69, 9.17) is 4.74 Å². The zero-order chi connectivity index (χ0) is 22.8. The topological polar surface area (TPSA) is 94.8 Å². The molecule has 1 N–H and O–H groups in total. The van der Waals surface area contributed by atoms with Gasteiger partial charge in [-0.2, -0.15) is 0 Å². The molecular formula is C25H22N6O2. The van der Waals surface area contributed by atoms with Crippen LogP contribution in [0.3, 0.4) is 0 Å². The van der Waals surface area contributed by atoms with Crippen molar-refractivity contribution in [2.45, 2.75) is 19.9 Å². The first-order chi connectivity index (χ1) is 16.1. The molecular weight excluding hydrogens is 416 g/mol. The van der Waals surface area contributed by atoms with Crippen molar-refractivity contribution < 1.29 is 9.53 Å². The predicted molar refractivity (Wildman–Crippen MR) is 125 cm³/mol. The van der Waals surface area contributed by atoms with Crippen LogP contribution >= 0.6 is 0 Å². The highest BCUT2D eigenvalue weighted by molar-refractivity contribution is 6.06. The lowest BCUT2D eigenvalue weighted by Gasteiger charge is -2.15. The van der Waals surface area contributed by atoms with Gasteiger partial charge in [-0.05, 0) is 55.8 Å². The standard InChI is InChI=1S/C25H22N6O2/c1-16-8-9-19(14-26-16)18-10-11-22-20(13-18)25(32)29-23-7-3-6-21(28-23)24-30-27-15-31(24)17(2)5-4-12-33-22/h3-11,13-15,17H,12H2,1-2H3,(H,28,29,32)/b5-4+/t17-/m0/s1. The van der Waals surface area contributed by atoms with Crippen molar-refractivity contribution in [2.75, 3.05) is 11.9 Å². The molecule has 0 aliphatic carbocycles. The molecule has 4 heterocycles. The number of carbonyl (C=O) groups is 1. The molecule has 0 unspecified atom stereocenters. The van der Waals surface area contributed by atoms with Crippen LogP contribution in [-0.2, 0) is 0 Å². The number of amides is 1. The number of anilines is 1. The lowest BCUT2D eigenvalue weighted by molar-refractivity contribution is 0.102. The van der Waals surface area contributed by atoms with E-state index in [1.165, 1.54) is 0 Å². The zero-order valence-electron chi connectivity index (χ0n) is 18.3. The quantitative estimate of drug-likeness (QED) is 0.441.